The highest BCUT2D eigenvalue weighted by atomic mass is 35.5. The lowest BCUT2D eigenvalue weighted by Crippen LogP contribution is -2.16. The van der Waals surface area contributed by atoms with E-state index in [4.69, 9.17) is 11.6 Å². The third-order valence-electron chi connectivity index (χ3n) is 1.88. The first-order valence-corrected chi connectivity index (χ1v) is 6.29. The molecule has 1 aromatic rings. The Labute approximate surface area is 107 Å². The van der Waals surface area contributed by atoms with Gasteiger partial charge in [0.15, 0.2) is 0 Å². The van der Waals surface area contributed by atoms with E-state index in [1.165, 1.54) is 0 Å². The van der Waals surface area contributed by atoms with Gasteiger partial charge in [0, 0.05) is 18.1 Å². The van der Waals surface area contributed by atoms with Crippen molar-refractivity contribution >= 4 is 28.3 Å². The molecule has 0 aliphatic heterocycles. The molecular weight excluding hydrogens is 275 g/mol. The molecule has 1 rings (SSSR count). The highest BCUT2D eigenvalue weighted by Gasteiger charge is 2.36. The Morgan fingerprint density at radius 2 is 2.06 bits per heavy atom. The molecule has 0 saturated heterocycles. The van der Waals surface area contributed by atoms with Gasteiger partial charge in [-0.1, -0.05) is 13.8 Å². The maximum absolute atomic E-state index is 12.2. The molecule has 0 spiro atoms. The van der Waals surface area contributed by atoms with Crippen molar-refractivity contribution in [3.8, 4) is 0 Å². The summed E-state index contributed by atoms with van der Waals surface area (Å²) in [7, 11) is 0. The van der Waals surface area contributed by atoms with Gasteiger partial charge in [0.2, 0.25) is 11.0 Å². The summed E-state index contributed by atoms with van der Waals surface area (Å²) in [4.78, 5) is 3.35. The summed E-state index contributed by atoms with van der Waals surface area (Å²) in [6.07, 6.45) is -3.70. The van der Waals surface area contributed by atoms with E-state index in [-0.39, 0.29) is 10.5 Å². The van der Waals surface area contributed by atoms with Gasteiger partial charge in [0.05, 0.1) is 5.38 Å². The lowest BCUT2D eigenvalue weighted by atomic mass is 10.1. The maximum Gasteiger partial charge on any atom is 0.452 e. The van der Waals surface area contributed by atoms with Crippen molar-refractivity contribution in [1.29, 1.82) is 0 Å². The summed E-state index contributed by atoms with van der Waals surface area (Å²) in [6.45, 7) is 4.44. The Morgan fingerprint density at radius 3 is 2.53 bits per heavy atom. The van der Waals surface area contributed by atoms with Crippen LogP contribution < -0.4 is 5.32 Å². The Balaban J connectivity index is 2.45. The molecule has 0 amide bonds. The van der Waals surface area contributed by atoms with Crippen LogP contribution >= 0.6 is 23.1 Å². The average molecular weight is 288 g/mol. The quantitative estimate of drug-likeness (QED) is 0.841. The van der Waals surface area contributed by atoms with Crippen molar-refractivity contribution in [2.75, 3.05) is 11.9 Å². The van der Waals surface area contributed by atoms with E-state index >= 15 is 0 Å². The van der Waals surface area contributed by atoms with Crippen molar-refractivity contribution in [3.63, 3.8) is 0 Å². The number of aromatic nitrogens is 2. The lowest BCUT2D eigenvalue weighted by molar-refractivity contribution is -0.144. The zero-order chi connectivity index (χ0) is 13.1. The smallest absolute Gasteiger partial charge is 0.359 e. The van der Waals surface area contributed by atoms with Crippen LogP contribution in [0.3, 0.4) is 0 Å². The molecule has 0 radical (unpaired) electrons. The molecule has 1 aromatic heterocycles. The Bertz CT molecular complexity index is 354. The van der Waals surface area contributed by atoms with Crippen molar-refractivity contribution in [2.24, 2.45) is 5.92 Å². The largest absolute Gasteiger partial charge is 0.452 e. The van der Waals surface area contributed by atoms with E-state index in [9.17, 15) is 13.2 Å². The van der Waals surface area contributed by atoms with Crippen LogP contribution in [0.4, 0.5) is 18.3 Å². The number of hydrogen-bond donors (Lipinski definition) is 1. The second-order valence-electron chi connectivity index (χ2n) is 4.03. The van der Waals surface area contributed by atoms with Gasteiger partial charge in [0.1, 0.15) is 0 Å². The molecule has 0 bridgehead atoms. The average Bonchev–Trinajstić information content (AvgIpc) is 2.61. The summed E-state index contributed by atoms with van der Waals surface area (Å²) in [5, 5.41) is 2.77. The fraction of sp³-hybridized carbons (Fsp3) is 0.778. The Kier molecular flexibility index (Phi) is 5.00. The summed E-state index contributed by atoms with van der Waals surface area (Å²) in [5.74, 6) is -0.667. The number of rotatable bonds is 5. The van der Waals surface area contributed by atoms with Gasteiger partial charge in [-0.2, -0.15) is 22.5 Å². The molecule has 3 nitrogen and oxygen atoms in total. The summed E-state index contributed by atoms with van der Waals surface area (Å²) in [5.41, 5.74) is 0. The van der Waals surface area contributed by atoms with E-state index in [1.807, 2.05) is 13.8 Å². The monoisotopic (exact) mass is 287 g/mol. The Hall–Kier alpha value is -0.560. The van der Waals surface area contributed by atoms with Crippen molar-refractivity contribution in [2.45, 2.75) is 31.8 Å². The predicted octanol–water partition coefficient (Wildman–Crippen LogP) is 3.62. The minimum absolute atomic E-state index is 0.131. The van der Waals surface area contributed by atoms with E-state index in [0.717, 1.165) is 6.42 Å². The summed E-state index contributed by atoms with van der Waals surface area (Å²) >= 11 is 6.68. The molecule has 8 heteroatoms. The minimum Gasteiger partial charge on any atom is -0.359 e. The molecule has 98 valence electrons. The van der Waals surface area contributed by atoms with Gasteiger partial charge in [-0.15, -0.1) is 11.6 Å². The van der Waals surface area contributed by atoms with Crippen LogP contribution in [0.15, 0.2) is 0 Å². The van der Waals surface area contributed by atoms with E-state index in [1.54, 1.807) is 0 Å². The zero-order valence-corrected chi connectivity index (χ0v) is 11.0. The third-order valence-corrected chi connectivity index (χ3v) is 2.89. The highest BCUT2D eigenvalue weighted by molar-refractivity contribution is 7.09. The van der Waals surface area contributed by atoms with Gasteiger partial charge < -0.3 is 5.32 Å². The molecule has 0 aromatic carbocycles. The van der Waals surface area contributed by atoms with Crippen molar-refractivity contribution in [1.82, 2.24) is 9.36 Å². The molecule has 0 fully saturated rings. The summed E-state index contributed by atoms with van der Waals surface area (Å²) < 4.78 is 39.8. The maximum atomic E-state index is 12.2. The third kappa shape index (κ3) is 5.08. The molecule has 17 heavy (non-hydrogen) atoms. The number of nitrogens with zero attached hydrogens (tertiary/aromatic N) is 2. The minimum atomic E-state index is -4.49. The van der Waals surface area contributed by atoms with Crippen LogP contribution in [0.5, 0.6) is 0 Å². The molecule has 0 saturated carbocycles. The standard InChI is InChI=1S/C9H13ClF3N3S/c1-5(2)3-6(10)4-14-8-15-7(16-17-8)9(11,12)13/h5-6H,3-4H2,1-2H3,(H,14,15,16). The van der Waals surface area contributed by atoms with Gasteiger partial charge >= 0.3 is 6.18 Å². The summed E-state index contributed by atoms with van der Waals surface area (Å²) in [6, 6.07) is 0. The van der Waals surface area contributed by atoms with Gasteiger partial charge in [-0.05, 0) is 12.3 Å². The number of hydrogen-bond acceptors (Lipinski definition) is 4. The number of nitrogens with one attached hydrogen (secondary N) is 1. The Morgan fingerprint density at radius 1 is 1.41 bits per heavy atom. The van der Waals surface area contributed by atoms with Crippen LogP contribution in [-0.2, 0) is 6.18 Å². The van der Waals surface area contributed by atoms with E-state index in [0.29, 0.717) is 24.0 Å². The molecular formula is C9H13ClF3N3S. The van der Waals surface area contributed by atoms with Crippen LogP contribution in [0.25, 0.3) is 0 Å². The van der Waals surface area contributed by atoms with Crippen LogP contribution in [0.2, 0.25) is 0 Å². The van der Waals surface area contributed by atoms with Crippen LogP contribution in [0.1, 0.15) is 26.1 Å². The molecule has 0 aliphatic carbocycles. The van der Waals surface area contributed by atoms with Gasteiger partial charge in [0.25, 0.3) is 0 Å². The van der Waals surface area contributed by atoms with E-state index < -0.39 is 12.0 Å². The van der Waals surface area contributed by atoms with E-state index in [2.05, 4.69) is 14.7 Å². The highest BCUT2D eigenvalue weighted by Crippen LogP contribution is 2.29. The first-order valence-electron chi connectivity index (χ1n) is 5.08. The molecule has 1 heterocycles. The zero-order valence-electron chi connectivity index (χ0n) is 9.38. The van der Waals surface area contributed by atoms with Crippen LogP contribution in [0, 0.1) is 5.92 Å². The van der Waals surface area contributed by atoms with Gasteiger partial charge in [-0.25, -0.2) is 0 Å². The number of halogens is 4. The molecule has 1 unspecified atom stereocenters. The number of anilines is 1. The second kappa shape index (κ2) is 5.86. The normalized spacial score (nSPS) is 14.1. The van der Waals surface area contributed by atoms with Crippen molar-refractivity contribution in [3.05, 3.63) is 5.82 Å². The first-order chi connectivity index (χ1) is 7.79. The SMILES string of the molecule is CC(C)CC(Cl)CNc1nc(C(F)(F)F)ns1. The lowest BCUT2D eigenvalue weighted by Gasteiger charge is -2.11. The van der Waals surface area contributed by atoms with Gasteiger partial charge in [-0.3, -0.25) is 0 Å². The molecule has 0 aliphatic rings. The number of alkyl halides is 4. The fourth-order valence-corrected chi connectivity index (χ4v) is 2.23. The topological polar surface area (TPSA) is 37.8 Å². The van der Waals surface area contributed by atoms with Crippen LogP contribution in [-0.4, -0.2) is 21.3 Å². The molecule has 1 atom stereocenters. The predicted molar refractivity (Wildman–Crippen MR) is 62.5 cm³/mol. The van der Waals surface area contributed by atoms with Crippen molar-refractivity contribution < 1.29 is 13.2 Å². The fourth-order valence-electron chi connectivity index (χ4n) is 1.20. The molecule has 1 N–H and O–H groups in total. The second-order valence-corrected chi connectivity index (χ2v) is 5.40. The first kappa shape index (κ1) is 14.5.